The molecule has 1 heterocycles. The fourth-order valence-electron chi connectivity index (χ4n) is 2.32. The Hall–Kier alpha value is -1.39. The Kier molecular flexibility index (Phi) is 2.19. The summed E-state index contributed by atoms with van der Waals surface area (Å²) in [6, 6.07) is 0.532. The largest absolute Gasteiger partial charge is 0.369 e. The summed E-state index contributed by atoms with van der Waals surface area (Å²) >= 11 is 0. The topological polar surface area (TPSA) is 73.8 Å². The molecule has 0 unspecified atom stereocenters. The van der Waals surface area contributed by atoms with E-state index in [1.807, 2.05) is 4.68 Å². The predicted octanol–water partition coefficient (Wildman–Crippen LogP) is 0.908. The second-order valence-corrected chi connectivity index (χ2v) is 4.87. The zero-order chi connectivity index (χ0) is 11.1. The van der Waals surface area contributed by atoms with Gasteiger partial charge in [0.2, 0.25) is 5.91 Å². The van der Waals surface area contributed by atoms with Crippen molar-refractivity contribution in [3.63, 3.8) is 0 Å². The zero-order valence-electron chi connectivity index (χ0n) is 9.22. The summed E-state index contributed by atoms with van der Waals surface area (Å²) in [4.78, 5) is 11.0. The van der Waals surface area contributed by atoms with Gasteiger partial charge >= 0.3 is 0 Å². The average molecular weight is 220 g/mol. The Bertz CT molecular complexity index is 418. The maximum atomic E-state index is 11.0. The quantitative estimate of drug-likeness (QED) is 0.819. The average Bonchev–Trinajstić information content (AvgIpc) is 2.90. The van der Waals surface area contributed by atoms with Gasteiger partial charge in [-0.3, -0.25) is 4.79 Å². The molecule has 2 aliphatic rings. The van der Waals surface area contributed by atoms with Gasteiger partial charge in [-0.15, -0.1) is 5.10 Å². The number of nitrogens with zero attached hydrogens (tertiary/aromatic N) is 3. The minimum absolute atomic E-state index is 0.235. The number of carbonyl (C=O) groups is 1. The van der Waals surface area contributed by atoms with Gasteiger partial charge in [-0.1, -0.05) is 11.6 Å². The number of amides is 1. The third-order valence-corrected chi connectivity index (χ3v) is 3.53. The van der Waals surface area contributed by atoms with Crippen molar-refractivity contribution in [1.29, 1.82) is 0 Å². The molecule has 0 atom stereocenters. The number of hydrogen-bond donors (Lipinski definition) is 1. The lowest BCUT2D eigenvalue weighted by Crippen LogP contribution is -2.19. The normalized spacial score (nSPS) is 20.8. The highest BCUT2D eigenvalue weighted by atomic mass is 16.1. The van der Waals surface area contributed by atoms with Crippen molar-refractivity contribution in [1.82, 2.24) is 15.0 Å². The molecular formula is C11H16N4O. The highest BCUT2D eigenvalue weighted by Gasteiger charge is 2.34. The molecule has 0 bridgehead atoms. The fraction of sp³-hybridized carbons (Fsp3) is 0.727. The maximum Gasteiger partial charge on any atom is 0.223 e. The molecule has 2 saturated carbocycles. The zero-order valence-corrected chi connectivity index (χ0v) is 9.22. The molecule has 5 heteroatoms. The van der Waals surface area contributed by atoms with E-state index in [-0.39, 0.29) is 12.3 Å². The highest BCUT2D eigenvalue weighted by Crippen LogP contribution is 2.42. The Morgan fingerprint density at radius 3 is 2.62 bits per heavy atom. The van der Waals surface area contributed by atoms with Gasteiger partial charge in [-0.2, -0.15) is 0 Å². The van der Waals surface area contributed by atoms with Gasteiger partial charge in [-0.05, 0) is 25.7 Å². The molecule has 0 radical (unpaired) electrons. The van der Waals surface area contributed by atoms with Gasteiger partial charge in [0.05, 0.1) is 23.9 Å². The Labute approximate surface area is 94.0 Å². The standard InChI is InChI=1S/C11H16N4O/c12-10(16)6-9-11(7-2-1-3-7)15(14-13-9)8-4-5-8/h7-8H,1-6H2,(H2,12,16). The summed E-state index contributed by atoms with van der Waals surface area (Å²) in [5.41, 5.74) is 7.23. The molecule has 2 fully saturated rings. The van der Waals surface area contributed by atoms with Crippen molar-refractivity contribution >= 4 is 5.91 Å². The third-order valence-electron chi connectivity index (χ3n) is 3.53. The molecule has 0 aliphatic heterocycles. The Morgan fingerprint density at radius 1 is 1.38 bits per heavy atom. The molecule has 1 aromatic heterocycles. The smallest absolute Gasteiger partial charge is 0.223 e. The fourth-order valence-corrected chi connectivity index (χ4v) is 2.32. The molecule has 1 aromatic rings. The highest BCUT2D eigenvalue weighted by molar-refractivity contribution is 5.76. The van der Waals surface area contributed by atoms with Crippen molar-refractivity contribution < 1.29 is 4.79 Å². The third kappa shape index (κ3) is 1.60. The first-order valence-corrected chi connectivity index (χ1v) is 5.98. The monoisotopic (exact) mass is 220 g/mol. The van der Waals surface area contributed by atoms with Gasteiger partial charge < -0.3 is 5.73 Å². The second-order valence-electron chi connectivity index (χ2n) is 4.87. The molecule has 1 amide bonds. The summed E-state index contributed by atoms with van der Waals surface area (Å²) in [5.74, 6) is 0.244. The number of rotatable bonds is 4. The van der Waals surface area contributed by atoms with Gasteiger partial charge in [-0.25, -0.2) is 4.68 Å². The van der Waals surface area contributed by atoms with E-state index in [1.165, 1.54) is 37.8 Å². The Balaban J connectivity index is 1.93. The summed E-state index contributed by atoms with van der Waals surface area (Å²) in [7, 11) is 0. The van der Waals surface area contributed by atoms with E-state index >= 15 is 0 Å². The Morgan fingerprint density at radius 2 is 2.12 bits per heavy atom. The van der Waals surface area contributed by atoms with E-state index in [0.717, 1.165) is 5.69 Å². The lowest BCUT2D eigenvalue weighted by Gasteiger charge is -2.26. The van der Waals surface area contributed by atoms with E-state index in [4.69, 9.17) is 5.73 Å². The van der Waals surface area contributed by atoms with Crippen LogP contribution in [0.3, 0.4) is 0 Å². The minimum atomic E-state index is -0.316. The minimum Gasteiger partial charge on any atom is -0.369 e. The number of hydrogen-bond acceptors (Lipinski definition) is 3. The van der Waals surface area contributed by atoms with E-state index < -0.39 is 0 Å². The predicted molar refractivity (Wildman–Crippen MR) is 57.8 cm³/mol. The molecule has 3 rings (SSSR count). The van der Waals surface area contributed by atoms with Crippen LogP contribution in [0.15, 0.2) is 0 Å². The molecule has 86 valence electrons. The van der Waals surface area contributed by atoms with Gasteiger partial charge in [0, 0.05) is 5.92 Å². The van der Waals surface area contributed by atoms with Crippen LogP contribution in [0.4, 0.5) is 0 Å². The molecule has 2 N–H and O–H groups in total. The lowest BCUT2D eigenvalue weighted by atomic mass is 9.81. The SMILES string of the molecule is NC(=O)Cc1nnn(C2CC2)c1C1CCC1. The van der Waals surface area contributed by atoms with Crippen molar-refractivity contribution in [2.75, 3.05) is 0 Å². The molecule has 0 aromatic carbocycles. The first kappa shape index (κ1) is 9.81. The van der Waals surface area contributed by atoms with E-state index in [2.05, 4.69) is 10.3 Å². The number of aromatic nitrogens is 3. The van der Waals surface area contributed by atoms with E-state index in [0.29, 0.717) is 12.0 Å². The van der Waals surface area contributed by atoms with E-state index in [1.54, 1.807) is 0 Å². The van der Waals surface area contributed by atoms with Crippen LogP contribution in [0.1, 0.15) is 55.5 Å². The van der Waals surface area contributed by atoms with E-state index in [9.17, 15) is 4.79 Å². The first-order valence-electron chi connectivity index (χ1n) is 5.98. The molecule has 5 nitrogen and oxygen atoms in total. The number of primary amides is 1. The van der Waals surface area contributed by atoms with Crippen LogP contribution in [-0.2, 0) is 11.2 Å². The van der Waals surface area contributed by atoms with Crippen LogP contribution in [0, 0.1) is 0 Å². The number of nitrogens with two attached hydrogens (primary N) is 1. The van der Waals surface area contributed by atoms with Crippen LogP contribution < -0.4 is 5.73 Å². The van der Waals surface area contributed by atoms with Crippen LogP contribution in [0.2, 0.25) is 0 Å². The van der Waals surface area contributed by atoms with Crippen molar-refractivity contribution in [2.24, 2.45) is 5.73 Å². The molecule has 0 saturated heterocycles. The number of carbonyl (C=O) groups excluding carboxylic acids is 1. The van der Waals surface area contributed by atoms with Crippen LogP contribution >= 0.6 is 0 Å². The molecule has 16 heavy (non-hydrogen) atoms. The van der Waals surface area contributed by atoms with Crippen molar-refractivity contribution in [2.45, 2.75) is 50.5 Å². The van der Waals surface area contributed by atoms with Crippen LogP contribution in [0.25, 0.3) is 0 Å². The summed E-state index contributed by atoms with van der Waals surface area (Å²) in [6.45, 7) is 0. The van der Waals surface area contributed by atoms with Gasteiger partial charge in [0.25, 0.3) is 0 Å². The summed E-state index contributed by atoms with van der Waals surface area (Å²) < 4.78 is 2.04. The van der Waals surface area contributed by atoms with Crippen LogP contribution in [-0.4, -0.2) is 20.9 Å². The van der Waals surface area contributed by atoms with Crippen molar-refractivity contribution in [3.8, 4) is 0 Å². The maximum absolute atomic E-state index is 11.0. The lowest BCUT2D eigenvalue weighted by molar-refractivity contribution is -0.117. The molecular weight excluding hydrogens is 204 g/mol. The van der Waals surface area contributed by atoms with Gasteiger partial charge in [0.15, 0.2) is 0 Å². The second kappa shape index (κ2) is 3.57. The van der Waals surface area contributed by atoms with Crippen LogP contribution in [0.5, 0.6) is 0 Å². The molecule has 0 spiro atoms. The summed E-state index contributed by atoms with van der Waals surface area (Å²) in [5, 5.41) is 8.33. The molecule has 2 aliphatic carbocycles. The summed E-state index contributed by atoms with van der Waals surface area (Å²) in [6.07, 6.45) is 6.30. The van der Waals surface area contributed by atoms with Crippen molar-refractivity contribution in [3.05, 3.63) is 11.4 Å². The van der Waals surface area contributed by atoms with Gasteiger partial charge in [0.1, 0.15) is 0 Å². The first-order chi connectivity index (χ1) is 7.75.